The third-order valence-corrected chi connectivity index (χ3v) is 19.9. The van der Waals surface area contributed by atoms with Crippen molar-refractivity contribution in [3.8, 4) is 0 Å². The Bertz CT molecular complexity index is 2820. The van der Waals surface area contributed by atoms with Crippen LogP contribution in [0.25, 0.3) is 0 Å². The zero-order valence-corrected chi connectivity index (χ0v) is 43.3. The van der Waals surface area contributed by atoms with Crippen LogP contribution in [-0.2, 0) is 27.1 Å². The molecule has 0 spiro atoms. The predicted molar refractivity (Wildman–Crippen MR) is 291 cm³/mol. The van der Waals surface area contributed by atoms with Gasteiger partial charge in [-0.3, -0.25) is 0 Å². The van der Waals surface area contributed by atoms with Gasteiger partial charge in [0.2, 0.25) is 0 Å². The molecule has 7 aromatic rings. The molecular weight excluding hydrogens is 812 g/mol. The Labute approximate surface area is 398 Å². The van der Waals surface area contributed by atoms with Crippen LogP contribution < -0.4 is 46.9 Å². The molecule has 0 saturated carbocycles. The summed E-state index contributed by atoms with van der Waals surface area (Å²) in [4.78, 5) is 5.36. The summed E-state index contributed by atoms with van der Waals surface area (Å²) in [5.74, 6) is 0. The number of rotatable bonds is 4. The third-order valence-electron chi connectivity index (χ3n) is 15.1. The molecule has 0 bridgehead atoms. The highest BCUT2D eigenvalue weighted by Crippen LogP contribution is 2.48. The highest BCUT2D eigenvalue weighted by atomic mass is 28.3. The van der Waals surface area contributed by atoms with E-state index in [9.17, 15) is 0 Å². The second-order valence-electron chi connectivity index (χ2n) is 24.8. The molecule has 2 nitrogen and oxygen atoms in total. The molecule has 0 saturated heterocycles. The van der Waals surface area contributed by atoms with E-state index in [1.54, 1.807) is 0 Å². The summed E-state index contributed by atoms with van der Waals surface area (Å²) in [6, 6.07) is 58.1. The third kappa shape index (κ3) is 6.79. The number of hydrogen-bond donors (Lipinski definition) is 0. The Kier molecular flexibility index (Phi) is 9.87. The Morgan fingerprint density at radius 3 is 0.909 bits per heavy atom. The predicted octanol–water partition coefficient (Wildman–Crippen LogP) is 11.9. The minimum atomic E-state index is -3.10. The largest absolute Gasteiger partial charge is 0.311 e. The summed E-state index contributed by atoms with van der Waals surface area (Å²) >= 11 is 0. The molecule has 66 heavy (non-hydrogen) atoms. The van der Waals surface area contributed by atoms with Gasteiger partial charge in [-0.15, -0.1) is 0 Å². The van der Waals surface area contributed by atoms with E-state index in [0.717, 1.165) is 0 Å². The first-order valence-corrected chi connectivity index (χ1v) is 26.4. The molecule has 0 radical (unpaired) electrons. The maximum atomic E-state index is 2.68. The molecule has 0 atom stereocenters. The van der Waals surface area contributed by atoms with E-state index in [-0.39, 0.29) is 33.8 Å². The zero-order chi connectivity index (χ0) is 47.1. The first kappa shape index (κ1) is 44.3. The van der Waals surface area contributed by atoms with E-state index >= 15 is 0 Å². The van der Waals surface area contributed by atoms with Gasteiger partial charge in [0.05, 0.1) is 0 Å². The van der Waals surface area contributed by atoms with E-state index in [0.29, 0.717) is 0 Å². The van der Waals surface area contributed by atoms with E-state index in [1.165, 1.54) is 99.1 Å². The number of hydrogen-bond acceptors (Lipinski definition) is 2. The van der Waals surface area contributed by atoms with Gasteiger partial charge < -0.3 is 9.80 Å². The highest BCUT2D eigenvalue weighted by Gasteiger charge is 2.57. The molecular formula is C62H69BN2Si. The van der Waals surface area contributed by atoms with Crippen LogP contribution in [-0.4, -0.2) is 14.8 Å². The lowest BCUT2D eigenvalue weighted by Crippen LogP contribution is -2.88. The number of nitrogens with zero attached hydrogens (tertiary/aromatic N) is 2. The number of benzene rings is 7. The minimum Gasteiger partial charge on any atom is -0.311 e. The van der Waals surface area contributed by atoms with Crippen molar-refractivity contribution in [1.29, 1.82) is 0 Å². The molecule has 0 aromatic heterocycles. The van der Waals surface area contributed by atoms with E-state index in [2.05, 4.69) is 259 Å². The van der Waals surface area contributed by atoms with Crippen molar-refractivity contribution >= 4 is 86.0 Å². The Balaban J connectivity index is 1.46. The second kappa shape index (κ2) is 14.7. The standard InChI is InChI=1S/C62H69BN2Si/c1-58(2,3)40-26-30-45(31-27-40)64-49-34-42(60(7,8)9)35-50-55(49)63-56-51(64)36-43(61(10,11)12)38-53(56)66(47-22-18-16-19-23-47,48-24-20-17-21-25-48)54-39-44(62(13,14)15)37-52(57(54)63)65(50)46-32-28-41(29-33-46)59(4,5)6/h16-39H,1-15H3. The lowest BCUT2D eigenvalue weighted by molar-refractivity contribution is 0.589. The molecule has 3 aliphatic heterocycles. The Hall–Kier alpha value is -5.58. The molecule has 0 unspecified atom stereocenters. The fourth-order valence-corrected chi connectivity index (χ4v) is 16.6. The fraction of sp³-hybridized carbons (Fsp3) is 0.323. The minimum absolute atomic E-state index is 0.0327. The maximum Gasteiger partial charge on any atom is 0.251 e. The second-order valence-corrected chi connectivity index (χ2v) is 28.5. The first-order chi connectivity index (χ1) is 30.9. The summed E-state index contributed by atoms with van der Waals surface area (Å²) in [6.07, 6.45) is 0. The molecule has 0 fully saturated rings. The molecule has 0 N–H and O–H groups in total. The van der Waals surface area contributed by atoms with Crippen molar-refractivity contribution in [1.82, 2.24) is 0 Å². The monoisotopic (exact) mass is 881 g/mol. The van der Waals surface area contributed by atoms with Gasteiger partial charge in [0, 0.05) is 34.1 Å². The lowest BCUT2D eigenvalue weighted by Gasteiger charge is -2.52. The Morgan fingerprint density at radius 1 is 0.318 bits per heavy atom. The molecule has 334 valence electrons. The Morgan fingerprint density at radius 2 is 0.606 bits per heavy atom. The normalized spacial score (nSPS) is 15.2. The molecule has 0 amide bonds. The smallest absolute Gasteiger partial charge is 0.251 e. The molecule has 3 heterocycles. The van der Waals surface area contributed by atoms with Crippen molar-refractivity contribution < 1.29 is 0 Å². The highest BCUT2D eigenvalue weighted by molar-refractivity contribution is 7.27. The molecule has 3 aliphatic rings. The first-order valence-electron chi connectivity index (χ1n) is 24.4. The lowest BCUT2D eigenvalue weighted by atomic mass is 9.33. The molecule has 4 heteroatoms. The van der Waals surface area contributed by atoms with Crippen LogP contribution in [0.4, 0.5) is 34.1 Å². The van der Waals surface area contributed by atoms with Crippen LogP contribution in [0.3, 0.4) is 0 Å². The maximum absolute atomic E-state index is 3.10. The van der Waals surface area contributed by atoms with Crippen LogP contribution in [0, 0.1) is 0 Å². The van der Waals surface area contributed by atoms with Gasteiger partial charge in [0.25, 0.3) is 6.71 Å². The average molecular weight is 881 g/mol. The van der Waals surface area contributed by atoms with Crippen molar-refractivity contribution in [2.45, 2.75) is 131 Å². The molecule has 7 aromatic carbocycles. The van der Waals surface area contributed by atoms with Gasteiger partial charge in [-0.2, -0.15) is 0 Å². The average Bonchev–Trinajstić information content (AvgIpc) is 3.25. The van der Waals surface area contributed by atoms with Crippen LogP contribution in [0.5, 0.6) is 0 Å². The number of anilines is 6. The van der Waals surface area contributed by atoms with Crippen molar-refractivity contribution in [2.75, 3.05) is 9.80 Å². The van der Waals surface area contributed by atoms with Crippen LogP contribution >= 0.6 is 0 Å². The topological polar surface area (TPSA) is 6.48 Å². The van der Waals surface area contributed by atoms with Gasteiger partial charge in [-0.25, -0.2) is 0 Å². The van der Waals surface area contributed by atoms with Crippen molar-refractivity contribution in [3.05, 3.63) is 173 Å². The molecule has 10 rings (SSSR count). The van der Waals surface area contributed by atoms with Crippen molar-refractivity contribution in [2.24, 2.45) is 0 Å². The van der Waals surface area contributed by atoms with E-state index in [1.807, 2.05) is 0 Å². The summed E-state index contributed by atoms with van der Waals surface area (Å²) in [5, 5.41) is 5.90. The fourth-order valence-electron chi connectivity index (χ4n) is 11.2. The van der Waals surface area contributed by atoms with Gasteiger partial charge in [-0.05, 0) is 141 Å². The zero-order valence-electron chi connectivity index (χ0n) is 42.3. The summed E-state index contributed by atoms with van der Waals surface area (Å²) < 4.78 is 0. The van der Waals surface area contributed by atoms with Crippen LogP contribution in [0.2, 0.25) is 0 Å². The quantitative estimate of drug-likeness (QED) is 0.163. The van der Waals surface area contributed by atoms with E-state index < -0.39 is 8.07 Å². The summed E-state index contributed by atoms with van der Waals surface area (Å²) in [6.45, 7) is 35.5. The van der Waals surface area contributed by atoms with Gasteiger partial charge in [0.1, 0.15) is 0 Å². The SMILES string of the molecule is CC(C)(C)c1ccc(N2c3cc(C(C)(C)C)cc4c3B3c5c2cc(C(C)(C)C)cc5[Si](c2ccccc2)(c2ccccc2)c2cc(C(C)(C)C)cc(c23)N4c2ccc(C(C)(C)C)cc2)cc1. The van der Waals surface area contributed by atoms with Gasteiger partial charge in [-0.1, -0.05) is 201 Å². The van der Waals surface area contributed by atoms with Crippen LogP contribution in [0.15, 0.2) is 146 Å². The summed E-state index contributed by atoms with van der Waals surface area (Å²) in [5.41, 5.74) is 18.5. The summed E-state index contributed by atoms with van der Waals surface area (Å²) in [7, 11) is -3.10. The van der Waals surface area contributed by atoms with Gasteiger partial charge >= 0.3 is 0 Å². The van der Waals surface area contributed by atoms with E-state index in [4.69, 9.17) is 0 Å². The van der Waals surface area contributed by atoms with Gasteiger partial charge in [0.15, 0.2) is 8.07 Å². The molecule has 0 aliphatic carbocycles. The van der Waals surface area contributed by atoms with Crippen LogP contribution in [0.1, 0.15) is 132 Å². The van der Waals surface area contributed by atoms with Crippen molar-refractivity contribution in [3.63, 3.8) is 0 Å².